The second kappa shape index (κ2) is 9.32. The quantitative estimate of drug-likeness (QED) is 0.638. The molecular formula is C22H25Cl2N5O2. The molecule has 1 aromatic carbocycles. The number of allylic oxidation sites excluding steroid dienone is 2. The van der Waals surface area contributed by atoms with Crippen LogP contribution in [0, 0.1) is 6.92 Å². The molecule has 2 atom stereocenters. The molecule has 0 bridgehead atoms. The zero-order valence-corrected chi connectivity index (χ0v) is 19.1. The summed E-state index contributed by atoms with van der Waals surface area (Å²) in [5, 5.41) is 3.91. The summed E-state index contributed by atoms with van der Waals surface area (Å²) in [5.41, 5.74) is 2.85. The summed E-state index contributed by atoms with van der Waals surface area (Å²) >= 11 is 12.4. The number of hydrogen-bond donors (Lipinski definition) is 0. The van der Waals surface area contributed by atoms with E-state index < -0.39 is 0 Å². The van der Waals surface area contributed by atoms with Crippen molar-refractivity contribution in [2.45, 2.75) is 24.1 Å². The summed E-state index contributed by atoms with van der Waals surface area (Å²) in [7, 11) is 1.64. The van der Waals surface area contributed by atoms with Crippen molar-refractivity contribution < 1.29 is 9.53 Å². The molecule has 0 radical (unpaired) electrons. The summed E-state index contributed by atoms with van der Waals surface area (Å²) < 4.78 is 7.30. The Bertz CT molecular complexity index is 1020. The molecule has 1 fully saturated rings. The fraction of sp³-hybridized carbons (Fsp3) is 0.409. The van der Waals surface area contributed by atoms with Crippen LogP contribution in [0.25, 0.3) is 5.69 Å². The van der Waals surface area contributed by atoms with Crippen LogP contribution in [-0.2, 0) is 4.79 Å². The molecule has 2 heterocycles. The third-order valence-corrected chi connectivity index (χ3v) is 6.46. The first-order valence-electron chi connectivity index (χ1n) is 10.2. The summed E-state index contributed by atoms with van der Waals surface area (Å²) in [4.78, 5) is 21.0. The number of amides is 1. The predicted molar refractivity (Wildman–Crippen MR) is 123 cm³/mol. The van der Waals surface area contributed by atoms with Gasteiger partial charge in [0.2, 0.25) is 5.91 Å². The second-order valence-electron chi connectivity index (χ2n) is 7.63. The molecule has 1 amide bonds. The standard InChI is InChI=1S/C22H25Cl2N5O2/c1-15-25-14-29(26-15)20-6-4-17(12-21(20)31-2)27-8-7-22(30)28(10-9-27)13-16-3-5-18(23)19(24)11-16/h3-6,11-12,14,18-19H,7-10,13H2,1-2H3. The van der Waals surface area contributed by atoms with E-state index in [9.17, 15) is 4.79 Å². The van der Waals surface area contributed by atoms with Gasteiger partial charge >= 0.3 is 0 Å². The summed E-state index contributed by atoms with van der Waals surface area (Å²) in [5.74, 6) is 1.54. The molecule has 164 valence electrons. The zero-order chi connectivity index (χ0) is 22.0. The Morgan fingerprint density at radius 3 is 2.74 bits per heavy atom. The molecule has 0 N–H and O–H groups in total. The van der Waals surface area contributed by atoms with Gasteiger partial charge in [-0.25, -0.2) is 9.67 Å². The lowest BCUT2D eigenvalue weighted by molar-refractivity contribution is -0.129. The summed E-state index contributed by atoms with van der Waals surface area (Å²) in [6.45, 7) is 4.41. The zero-order valence-electron chi connectivity index (χ0n) is 17.5. The number of nitrogens with zero attached hydrogens (tertiary/aromatic N) is 5. The molecule has 1 aromatic heterocycles. The number of benzene rings is 1. The third kappa shape index (κ3) is 4.88. The van der Waals surface area contributed by atoms with Crippen LogP contribution in [-0.4, -0.2) is 69.6 Å². The van der Waals surface area contributed by atoms with Crippen molar-refractivity contribution in [3.05, 3.63) is 54.2 Å². The van der Waals surface area contributed by atoms with E-state index in [2.05, 4.69) is 15.0 Å². The largest absolute Gasteiger partial charge is 0.494 e. The Kier molecular flexibility index (Phi) is 6.53. The van der Waals surface area contributed by atoms with Crippen LogP contribution in [0.1, 0.15) is 12.2 Å². The Hall–Kier alpha value is -2.51. The first-order valence-corrected chi connectivity index (χ1v) is 11.1. The van der Waals surface area contributed by atoms with Crippen molar-refractivity contribution in [1.29, 1.82) is 0 Å². The van der Waals surface area contributed by atoms with E-state index in [1.807, 2.05) is 48.3 Å². The van der Waals surface area contributed by atoms with Crippen LogP contribution >= 0.6 is 23.2 Å². The monoisotopic (exact) mass is 461 g/mol. The van der Waals surface area contributed by atoms with Gasteiger partial charge in [0, 0.05) is 44.4 Å². The maximum absolute atomic E-state index is 12.7. The fourth-order valence-corrected chi connectivity index (χ4v) is 4.20. The van der Waals surface area contributed by atoms with E-state index in [1.165, 1.54) is 0 Å². The van der Waals surface area contributed by atoms with E-state index in [1.54, 1.807) is 18.1 Å². The van der Waals surface area contributed by atoms with Crippen molar-refractivity contribution in [3.63, 3.8) is 0 Å². The number of rotatable bonds is 5. The van der Waals surface area contributed by atoms with Crippen LogP contribution in [0.2, 0.25) is 0 Å². The Morgan fingerprint density at radius 2 is 2.03 bits per heavy atom. The smallest absolute Gasteiger partial charge is 0.224 e. The Labute approximate surface area is 191 Å². The maximum atomic E-state index is 12.7. The summed E-state index contributed by atoms with van der Waals surface area (Å²) in [6, 6.07) is 5.98. The van der Waals surface area contributed by atoms with Crippen molar-refractivity contribution in [1.82, 2.24) is 19.7 Å². The number of methoxy groups -OCH3 is 1. The number of carbonyl (C=O) groups excluding carboxylic acids is 1. The topological polar surface area (TPSA) is 63.5 Å². The van der Waals surface area contributed by atoms with E-state index in [4.69, 9.17) is 27.9 Å². The molecule has 7 nitrogen and oxygen atoms in total. The number of hydrogen-bond acceptors (Lipinski definition) is 5. The van der Waals surface area contributed by atoms with Crippen molar-refractivity contribution in [3.8, 4) is 11.4 Å². The van der Waals surface area contributed by atoms with Crippen molar-refractivity contribution in [2.24, 2.45) is 0 Å². The highest BCUT2D eigenvalue weighted by molar-refractivity contribution is 6.31. The average Bonchev–Trinajstić information content (AvgIpc) is 3.12. The number of alkyl halides is 2. The summed E-state index contributed by atoms with van der Waals surface area (Å²) in [6.07, 6.45) is 7.90. The van der Waals surface area contributed by atoms with Gasteiger partial charge < -0.3 is 14.5 Å². The van der Waals surface area contributed by atoms with Crippen LogP contribution < -0.4 is 9.64 Å². The SMILES string of the molecule is COc1cc(N2CCC(=O)N(CC3=CC(Cl)C(Cl)C=C3)CC2)ccc1-n1cnc(C)n1. The molecule has 31 heavy (non-hydrogen) atoms. The number of ether oxygens (including phenoxy) is 1. The first kappa shape index (κ1) is 21.7. The predicted octanol–water partition coefficient (Wildman–Crippen LogP) is 3.33. The number of aromatic nitrogens is 3. The Balaban J connectivity index is 1.47. The van der Waals surface area contributed by atoms with Crippen LogP contribution in [0.4, 0.5) is 5.69 Å². The number of anilines is 1. The normalized spacial score (nSPS) is 21.8. The van der Waals surface area contributed by atoms with Gasteiger partial charge in [-0.2, -0.15) is 5.10 Å². The van der Waals surface area contributed by atoms with Crippen molar-refractivity contribution >= 4 is 34.8 Å². The van der Waals surface area contributed by atoms with Gasteiger partial charge in [0.1, 0.15) is 23.6 Å². The third-order valence-electron chi connectivity index (χ3n) is 5.51. The van der Waals surface area contributed by atoms with E-state index >= 15 is 0 Å². The molecule has 2 aromatic rings. The van der Waals surface area contributed by atoms with E-state index in [-0.39, 0.29) is 16.7 Å². The van der Waals surface area contributed by atoms with Gasteiger partial charge in [-0.1, -0.05) is 18.2 Å². The van der Waals surface area contributed by atoms with Crippen LogP contribution in [0.5, 0.6) is 5.75 Å². The van der Waals surface area contributed by atoms with Gasteiger partial charge in [-0.05, 0) is 24.6 Å². The molecule has 9 heteroatoms. The molecule has 0 spiro atoms. The van der Waals surface area contributed by atoms with Gasteiger partial charge in [0.25, 0.3) is 0 Å². The lowest BCUT2D eigenvalue weighted by atomic mass is 10.1. The minimum atomic E-state index is -0.250. The maximum Gasteiger partial charge on any atom is 0.224 e. The van der Waals surface area contributed by atoms with Crippen molar-refractivity contribution in [2.75, 3.05) is 38.2 Å². The second-order valence-corrected chi connectivity index (χ2v) is 8.64. The molecule has 0 saturated carbocycles. The highest BCUT2D eigenvalue weighted by Crippen LogP contribution is 2.29. The van der Waals surface area contributed by atoms with E-state index in [0.29, 0.717) is 37.6 Å². The number of aryl methyl sites for hydroxylation is 1. The molecule has 2 unspecified atom stereocenters. The van der Waals surface area contributed by atoms with Crippen LogP contribution in [0.3, 0.4) is 0 Å². The van der Waals surface area contributed by atoms with Crippen LogP contribution in [0.15, 0.2) is 48.3 Å². The van der Waals surface area contributed by atoms with Gasteiger partial charge in [-0.3, -0.25) is 4.79 Å². The minimum absolute atomic E-state index is 0.137. The lowest BCUT2D eigenvalue weighted by Gasteiger charge is -2.25. The Morgan fingerprint density at radius 1 is 1.19 bits per heavy atom. The average molecular weight is 462 g/mol. The van der Waals surface area contributed by atoms with E-state index in [0.717, 1.165) is 23.5 Å². The highest BCUT2D eigenvalue weighted by Gasteiger charge is 2.24. The molecule has 1 aliphatic heterocycles. The molecule has 2 aliphatic rings. The highest BCUT2D eigenvalue weighted by atomic mass is 35.5. The molecule has 1 saturated heterocycles. The lowest BCUT2D eigenvalue weighted by Crippen LogP contribution is -2.35. The number of carbonyl (C=O) groups is 1. The molecule has 4 rings (SSSR count). The van der Waals surface area contributed by atoms with Gasteiger partial charge in [0.05, 0.1) is 17.9 Å². The van der Waals surface area contributed by atoms with Gasteiger partial charge in [0.15, 0.2) is 0 Å². The molecule has 1 aliphatic carbocycles. The minimum Gasteiger partial charge on any atom is -0.494 e. The fourth-order valence-electron chi connectivity index (χ4n) is 3.81. The molecular weight excluding hydrogens is 437 g/mol. The first-order chi connectivity index (χ1) is 14.9. The van der Waals surface area contributed by atoms with Gasteiger partial charge in [-0.15, -0.1) is 23.2 Å². The number of halogens is 2.